The molecular weight excluding hydrogens is 230 g/mol. The van der Waals surface area contributed by atoms with Crippen LogP contribution in [0.4, 0.5) is 5.69 Å². The SMILES string of the molecule is COc1ccc(NC(=O)[C@@H](C)n2cccc2)cn1. The highest BCUT2D eigenvalue weighted by Crippen LogP contribution is 2.14. The molecular formula is C13H15N3O2. The van der Waals surface area contributed by atoms with Crippen LogP contribution >= 0.6 is 0 Å². The highest BCUT2D eigenvalue weighted by molar-refractivity contribution is 5.93. The van der Waals surface area contributed by atoms with Crippen molar-refractivity contribution < 1.29 is 9.53 Å². The largest absolute Gasteiger partial charge is 0.481 e. The van der Waals surface area contributed by atoms with Crippen LogP contribution in [-0.2, 0) is 4.79 Å². The topological polar surface area (TPSA) is 56.1 Å². The van der Waals surface area contributed by atoms with Crippen molar-refractivity contribution in [2.45, 2.75) is 13.0 Å². The molecule has 0 aliphatic rings. The van der Waals surface area contributed by atoms with Crippen LogP contribution in [0.5, 0.6) is 5.88 Å². The van der Waals surface area contributed by atoms with Gasteiger partial charge < -0.3 is 14.6 Å². The van der Waals surface area contributed by atoms with E-state index in [1.165, 1.54) is 0 Å². The Morgan fingerprint density at radius 1 is 1.39 bits per heavy atom. The van der Waals surface area contributed by atoms with Gasteiger partial charge in [-0.1, -0.05) is 0 Å². The number of aromatic nitrogens is 2. The van der Waals surface area contributed by atoms with Gasteiger partial charge in [0.2, 0.25) is 11.8 Å². The molecule has 0 spiro atoms. The maximum atomic E-state index is 12.0. The van der Waals surface area contributed by atoms with E-state index in [1.54, 1.807) is 25.4 Å². The molecule has 2 aromatic heterocycles. The monoisotopic (exact) mass is 245 g/mol. The van der Waals surface area contributed by atoms with E-state index in [2.05, 4.69) is 10.3 Å². The fraction of sp³-hybridized carbons (Fsp3) is 0.231. The zero-order chi connectivity index (χ0) is 13.0. The molecule has 18 heavy (non-hydrogen) atoms. The summed E-state index contributed by atoms with van der Waals surface area (Å²) in [5, 5.41) is 2.80. The van der Waals surface area contributed by atoms with E-state index in [-0.39, 0.29) is 11.9 Å². The number of hydrogen-bond donors (Lipinski definition) is 1. The summed E-state index contributed by atoms with van der Waals surface area (Å²) in [7, 11) is 1.55. The molecule has 94 valence electrons. The number of amides is 1. The Bertz CT molecular complexity index is 506. The fourth-order valence-electron chi connectivity index (χ4n) is 1.56. The van der Waals surface area contributed by atoms with Crippen molar-refractivity contribution >= 4 is 11.6 Å². The lowest BCUT2D eigenvalue weighted by atomic mass is 10.3. The zero-order valence-electron chi connectivity index (χ0n) is 10.3. The first-order chi connectivity index (χ1) is 8.70. The van der Waals surface area contributed by atoms with Gasteiger partial charge in [-0.15, -0.1) is 0 Å². The highest BCUT2D eigenvalue weighted by Gasteiger charge is 2.13. The second-order valence-corrected chi connectivity index (χ2v) is 3.88. The first kappa shape index (κ1) is 12.2. The Balaban J connectivity index is 2.02. The number of ether oxygens (including phenoxy) is 1. The van der Waals surface area contributed by atoms with E-state index in [0.29, 0.717) is 11.6 Å². The number of pyridine rings is 1. The van der Waals surface area contributed by atoms with Crippen molar-refractivity contribution in [3.8, 4) is 5.88 Å². The number of rotatable bonds is 4. The molecule has 2 aromatic rings. The first-order valence-electron chi connectivity index (χ1n) is 5.64. The van der Waals surface area contributed by atoms with Gasteiger partial charge in [-0.25, -0.2) is 4.98 Å². The molecule has 2 rings (SSSR count). The van der Waals surface area contributed by atoms with Crippen LogP contribution in [0.1, 0.15) is 13.0 Å². The Kier molecular flexibility index (Phi) is 3.62. The molecule has 1 atom stereocenters. The lowest BCUT2D eigenvalue weighted by Crippen LogP contribution is -2.22. The molecule has 5 heteroatoms. The molecule has 5 nitrogen and oxygen atoms in total. The van der Waals surface area contributed by atoms with Gasteiger partial charge in [0.15, 0.2) is 0 Å². The third-order valence-electron chi connectivity index (χ3n) is 2.67. The third kappa shape index (κ3) is 2.68. The number of methoxy groups -OCH3 is 1. The molecule has 0 radical (unpaired) electrons. The van der Waals surface area contributed by atoms with Gasteiger partial charge >= 0.3 is 0 Å². The van der Waals surface area contributed by atoms with Crippen LogP contribution in [-0.4, -0.2) is 22.6 Å². The van der Waals surface area contributed by atoms with Crippen molar-refractivity contribution in [1.82, 2.24) is 9.55 Å². The quantitative estimate of drug-likeness (QED) is 0.897. The van der Waals surface area contributed by atoms with Crippen LogP contribution in [0, 0.1) is 0 Å². The Morgan fingerprint density at radius 3 is 2.67 bits per heavy atom. The smallest absolute Gasteiger partial charge is 0.247 e. The Morgan fingerprint density at radius 2 is 2.11 bits per heavy atom. The average Bonchev–Trinajstić information content (AvgIpc) is 2.92. The summed E-state index contributed by atoms with van der Waals surface area (Å²) in [5.41, 5.74) is 0.653. The lowest BCUT2D eigenvalue weighted by Gasteiger charge is -2.13. The molecule has 0 unspecified atom stereocenters. The van der Waals surface area contributed by atoms with Crippen molar-refractivity contribution in [3.63, 3.8) is 0 Å². The highest BCUT2D eigenvalue weighted by atomic mass is 16.5. The molecule has 0 saturated carbocycles. The molecule has 0 aromatic carbocycles. The predicted molar refractivity (Wildman–Crippen MR) is 68.6 cm³/mol. The minimum atomic E-state index is -0.262. The van der Waals surface area contributed by atoms with Crippen LogP contribution < -0.4 is 10.1 Å². The number of nitrogens with zero attached hydrogens (tertiary/aromatic N) is 2. The van der Waals surface area contributed by atoms with Gasteiger partial charge in [-0.3, -0.25) is 4.79 Å². The summed E-state index contributed by atoms with van der Waals surface area (Å²) in [6.45, 7) is 1.84. The zero-order valence-corrected chi connectivity index (χ0v) is 10.3. The average molecular weight is 245 g/mol. The van der Waals surface area contributed by atoms with E-state index in [1.807, 2.05) is 36.0 Å². The molecule has 0 fully saturated rings. The minimum absolute atomic E-state index is 0.0850. The second-order valence-electron chi connectivity index (χ2n) is 3.88. The molecule has 0 aliphatic carbocycles. The number of anilines is 1. The van der Waals surface area contributed by atoms with Crippen LogP contribution in [0.25, 0.3) is 0 Å². The summed E-state index contributed by atoms with van der Waals surface area (Å²) < 4.78 is 6.79. The lowest BCUT2D eigenvalue weighted by molar-refractivity contribution is -0.118. The summed E-state index contributed by atoms with van der Waals surface area (Å²) >= 11 is 0. The molecule has 0 bridgehead atoms. The summed E-state index contributed by atoms with van der Waals surface area (Å²) in [5.74, 6) is 0.435. The molecule has 1 amide bonds. The van der Waals surface area contributed by atoms with E-state index in [9.17, 15) is 4.79 Å². The van der Waals surface area contributed by atoms with Gasteiger partial charge in [0.25, 0.3) is 0 Å². The van der Waals surface area contributed by atoms with Crippen LogP contribution in [0.15, 0.2) is 42.9 Å². The van der Waals surface area contributed by atoms with Crippen molar-refractivity contribution in [2.75, 3.05) is 12.4 Å². The number of carbonyl (C=O) groups excluding carboxylic acids is 1. The maximum Gasteiger partial charge on any atom is 0.247 e. The molecule has 1 N–H and O–H groups in total. The van der Waals surface area contributed by atoms with E-state index in [0.717, 1.165) is 0 Å². The van der Waals surface area contributed by atoms with Crippen molar-refractivity contribution in [2.24, 2.45) is 0 Å². The van der Waals surface area contributed by atoms with Crippen molar-refractivity contribution in [3.05, 3.63) is 42.9 Å². The third-order valence-corrected chi connectivity index (χ3v) is 2.67. The molecule has 2 heterocycles. The van der Waals surface area contributed by atoms with E-state index < -0.39 is 0 Å². The minimum Gasteiger partial charge on any atom is -0.481 e. The summed E-state index contributed by atoms with van der Waals surface area (Å²) in [6, 6.07) is 6.97. The molecule has 0 saturated heterocycles. The van der Waals surface area contributed by atoms with Crippen LogP contribution in [0.2, 0.25) is 0 Å². The fourth-order valence-corrected chi connectivity index (χ4v) is 1.56. The number of carbonyl (C=O) groups is 1. The van der Waals surface area contributed by atoms with Crippen LogP contribution in [0.3, 0.4) is 0 Å². The maximum absolute atomic E-state index is 12.0. The van der Waals surface area contributed by atoms with Gasteiger partial charge in [-0.2, -0.15) is 0 Å². The van der Waals surface area contributed by atoms with Gasteiger partial charge in [0.1, 0.15) is 6.04 Å². The summed E-state index contributed by atoms with van der Waals surface area (Å²) in [4.78, 5) is 16.0. The van der Waals surface area contributed by atoms with E-state index >= 15 is 0 Å². The summed E-state index contributed by atoms with van der Waals surface area (Å²) in [6.07, 6.45) is 5.28. The molecule has 0 aliphatic heterocycles. The number of nitrogens with one attached hydrogen (secondary N) is 1. The van der Waals surface area contributed by atoms with Gasteiger partial charge in [0, 0.05) is 18.5 Å². The Hall–Kier alpha value is -2.30. The predicted octanol–water partition coefficient (Wildman–Crippen LogP) is 2.09. The number of hydrogen-bond acceptors (Lipinski definition) is 3. The normalized spacial score (nSPS) is 11.9. The Labute approximate surface area is 105 Å². The first-order valence-corrected chi connectivity index (χ1v) is 5.64. The van der Waals surface area contributed by atoms with Crippen molar-refractivity contribution in [1.29, 1.82) is 0 Å². The van der Waals surface area contributed by atoms with Gasteiger partial charge in [0.05, 0.1) is 19.0 Å². The van der Waals surface area contributed by atoms with E-state index in [4.69, 9.17) is 4.74 Å². The standard InChI is InChI=1S/C13H15N3O2/c1-10(16-7-3-4-8-16)13(17)15-11-5-6-12(18-2)14-9-11/h3-10H,1-2H3,(H,15,17)/t10-/m1/s1. The second kappa shape index (κ2) is 5.35. The van der Waals surface area contributed by atoms with Gasteiger partial charge in [-0.05, 0) is 25.1 Å².